The molecule has 4 aliphatic heterocycles. The van der Waals surface area contributed by atoms with E-state index >= 15 is 0 Å². The first-order chi connectivity index (χ1) is 19.9. The Morgan fingerprint density at radius 1 is 1.05 bits per heavy atom. The molecule has 2 aromatic carbocycles. The molecule has 0 radical (unpaired) electrons. The van der Waals surface area contributed by atoms with Gasteiger partial charge in [-0.3, -0.25) is 19.3 Å². The van der Waals surface area contributed by atoms with Crippen LogP contribution in [-0.4, -0.2) is 94.2 Å². The van der Waals surface area contributed by atoms with Crippen molar-refractivity contribution >= 4 is 35.2 Å². The van der Waals surface area contributed by atoms with E-state index in [1.54, 1.807) is 16.7 Å². The van der Waals surface area contributed by atoms with E-state index in [0.29, 0.717) is 38.4 Å². The van der Waals surface area contributed by atoms with Gasteiger partial charge in [0.05, 0.1) is 42.4 Å². The number of amides is 3. The van der Waals surface area contributed by atoms with E-state index in [0.717, 1.165) is 25.1 Å². The van der Waals surface area contributed by atoms with Crippen LogP contribution in [0.4, 0.5) is 5.69 Å². The predicted octanol–water partition coefficient (Wildman–Crippen LogP) is 2.29. The zero-order valence-electron chi connectivity index (χ0n) is 23.3. The number of carbonyl (C=O) groups is 3. The van der Waals surface area contributed by atoms with E-state index in [9.17, 15) is 19.5 Å². The maximum absolute atomic E-state index is 14.5. The number of nitrogens with one attached hydrogen (secondary N) is 2. The first-order valence-electron chi connectivity index (χ1n) is 14.5. The van der Waals surface area contributed by atoms with Crippen LogP contribution in [0.25, 0.3) is 0 Å². The highest BCUT2D eigenvalue weighted by molar-refractivity contribution is 8.02. The molecule has 2 unspecified atom stereocenters. The number of carbonyl (C=O) groups excluding carboxylic acids is 3. The lowest BCUT2D eigenvalue weighted by atomic mass is 9.66. The number of para-hydroxylation sites is 1. The SMILES string of the molecule is C[C@]12CCC3(S1)C(C(=O)NCCN1CCOCC1)N([C@H](CO)c1ccccc1)C(=O)[C@@H]3[C@H]2C(=O)Nc1ccccc1. The maximum atomic E-state index is 14.5. The van der Waals surface area contributed by atoms with E-state index < -0.39 is 33.4 Å². The molecule has 2 bridgehead atoms. The molecule has 3 amide bonds. The molecule has 218 valence electrons. The fourth-order valence-electron chi connectivity index (χ4n) is 7.43. The minimum absolute atomic E-state index is 0.195. The normalized spacial score (nSPS) is 31.6. The molecule has 0 aromatic heterocycles. The summed E-state index contributed by atoms with van der Waals surface area (Å²) in [6.45, 7) is 5.89. The average molecular weight is 579 g/mol. The van der Waals surface area contributed by atoms with Gasteiger partial charge in [0.15, 0.2) is 0 Å². The Labute approximate surface area is 245 Å². The number of hydrogen-bond acceptors (Lipinski definition) is 7. The fourth-order valence-corrected chi connectivity index (χ4v) is 9.77. The number of ether oxygens (including phenoxy) is 1. The molecule has 10 heteroatoms. The summed E-state index contributed by atoms with van der Waals surface area (Å²) in [4.78, 5) is 46.4. The Kier molecular flexibility index (Phi) is 7.84. The highest BCUT2D eigenvalue weighted by Gasteiger charge is 2.77. The van der Waals surface area contributed by atoms with Crippen LogP contribution in [0.5, 0.6) is 0 Å². The van der Waals surface area contributed by atoms with Crippen molar-refractivity contribution in [3.05, 3.63) is 66.2 Å². The molecule has 0 aliphatic carbocycles. The van der Waals surface area contributed by atoms with Crippen molar-refractivity contribution in [2.45, 2.75) is 41.3 Å². The minimum Gasteiger partial charge on any atom is -0.394 e. The molecule has 3 N–H and O–H groups in total. The molecule has 9 nitrogen and oxygen atoms in total. The largest absolute Gasteiger partial charge is 0.394 e. The summed E-state index contributed by atoms with van der Waals surface area (Å²) in [6.07, 6.45) is 1.39. The zero-order valence-corrected chi connectivity index (χ0v) is 24.1. The number of likely N-dealkylation sites (tertiary alicyclic amines) is 1. The molecule has 2 aromatic rings. The molecule has 4 fully saturated rings. The zero-order chi connectivity index (χ0) is 28.6. The second kappa shape index (κ2) is 11.4. The van der Waals surface area contributed by atoms with Gasteiger partial charge in [-0.1, -0.05) is 48.5 Å². The van der Waals surface area contributed by atoms with E-state index in [1.807, 2.05) is 60.7 Å². The lowest BCUT2D eigenvalue weighted by Gasteiger charge is -2.37. The van der Waals surface area contributed by atoms with Crippen molar-refractivity contribution in [3.63, 3.8) is 0 Å². The van der Waals surface area contributed by atoms with Crippen molar-refractivity contribution in [3.8, 4) is 0 Å². The Hall–Kier alpha value is -2.92. The van der Waals surface area contributed by atoms with Gasteiger partial charge in [-0.25, -0.2) is 0 Å². The van der Waals surface area contributed by atoms with Crippen LogP contribution < -0.4 is 10.6 Å². The van der Waals surface area contributed by atoms with Crippen molar-refractivity contribution in [2.75, 3.05) is 51.3 Å². The maximum Gasteiger partial charge on any atom is 0.244 e. The molecule has 6 atom stereocenters. The molecule has 4 heterocycles. The van der Waals surface area contributed by atoms with Crippen LogP contribution in [0, 0.1) is 11.8 Å². The fraction of sp³-hybridized carbons (Fsp3) is 0.516. The molecule has 1 spiro atoms. The quantitative estimate of drug-likeness (QED) is 0.419. The number of morpholine rings is 1. The van der Waals surface area contributed by atoms with E-state index in [2.05, 4.69) is 22.5 Å². The van der Waals surface area contributed by atoms with Crippen LogP contribution >= 0.6 is 11.8 Å². The highest BCUT2D eigenvalue weighted by Crippen LogP contribution is 2.72. The van der Waals surface area contributed by atoms with Crippen molar-refractivity contribution in [1.29, 1.82) is 0 Å². The lowest BCUT2D eigenvalue weighted by Crippen LogP contribution is -2.55. The second-order valence-corrected chi connectivity index (χ2v) is 13.6. The van der Waals surface area contributed by atoms with Gasteiger partial charge in [0.25, 0.3) is 0 Å². The summed E-state index contributed by atoms with van der Waals surface area (Å²) in [5.41, 5.74) is 1.45. The van der Waals surface area contributed by atoms with Gasteiger partial charge in [-0.2, -0.15) is 0 Å². The molecule has 6 rings (SSSR count). The Morgan fingerprint density at radius 2 is 1.73 bits per heavy atom. The lowest BCUT2D eigenvalue weighted by molar-refractivity contribution is -0.142. The number of rotatable bonds is 9. The van der Waals surface area contributed by atoms with E-state index in [4.69, 9.17) is 4.74 Å². The third kappa shape index (κ3) is 4.94. The number of aliphatic hydroxyl groups is 1. The third-order valence-electron chi connectivity index (χ3n) is 9.31. The first-order valence-corrected chi connectivity index (χ1v) is 15.3. The molecular formula is C31H38N4O5S. The first kappa shape index (κ1) is 28.2. The number of aliphatic hydroxyl groups excluding tert-OH is 1. The van der Waals surface area contributed by atoms with E-state index in [-0.39, 0.29) is 24.3 Å². The summed E-state index contributed by atoms with van der Waals surface area (Å²) in [5, 5.41) is 16.8. The van der Waals surface area contributed by atoms with Gasteiger partial charge < -0.3 is 25.4 Å². The summed E-state index contributed by atoms with van der Waals surface area (Å²) >= 11 is 1.63. The smallest absolute Gasteiger partial charge is 0.244 e. The monoisotopic (exact) mass is 578 g/mol. The summed E-state index contributed by atoms with van der Waals surface area (Å²) in [7, 11) is 0. The highest BCUT2D eigenvalue weighted by atomic mass is 32.2. The predicted molar refractivity (Wildman–Crippen MR) is 157 cm³/mol. The van der Waals surface area contributed by atoms with Crippen molar-refractivity contribution in [2.24, 2.45) is 11.8 Å². The molecule has 0 saturated carbocycles. The Bertz CT molecular complexity index is 1280. The summed E-state index contributed by atoms with van der Waals surface area (Å²) in [6, 6.07) is 17.2. The Morgan fingerprint density at radius 3 is 2.41 bits per heavy atom. The van der Waals surface area contributed by atoms with Crippen LogP contribution in [0.3, 0.4) is 0 Å². The van der Waals surface area contributed by atoms with E-state index in [1.165, 1.54) is 0 Å². The van der Waals surface area contributed by atoms with Crippen LogP contribution in [0.15, 0.2) is 60.7 Å². The Balaban J connectivity index is 1.33. The summed E-state index contributed by atoms with van der Waals surface area (Å²) in [5.74, 6) is -1.91. The minimum atomic E-state index is -0.802. The number of thioether (sulfide) groups is 1. The standard InChI is InChI=1S/C31H38N4O5S/c1-30-12-13-31(41-30)25(24(30)27(37)33-22-10-6-3-7-11-22)29(39)35(23(20-36)21-8-4-2-5-9-21)26(31)28(38)32-14-15-34-16-18-40-19-17-34/h2-11,23-26,36H,12-20H2,1H3,(H,32,38)(H,33,37)/t23-,24+,25+,26?,30-,31?/m1/s1. The van der Waals surface area contributed by atoms with Gasteiger partial charge >= 0.3 is 0 Å². The van der Waals surface area contributed by atoms with Gasteiger partial charge in [-0.05, 0) is 37.5 Å². The third-order valence-corrected chi connectivity index (χ3v) is 11.3. The van der Waals surface area contributed by atoms with Crippen LogP contribution in [-0.2, 0) is 19.1 Å². The molecule has 41 heavy (non-hydrogen) atoms. The van der Waals surface area contributed by atoms with Crippen LogP contribution in [0.1, 0.15) is 31.4 Å². The number of nitrogens with zero attached hydrogens (tertiary/aromatic N) is 2. The van der Waals surface area contributed by atoms with Gasteiger partial charge in [0, 0.05) is 36.6 Å². The number of anilines is 1. The molecule has 4 saturated heterocycles. The van der Waals surface area contributed by atoms with Gasteiger partial charge in [-0.15, -0.1) is 11.8 Å². The van der Waals surface area contributed by atoms with Crippen molar-refractivity contribution in [1.82, 2.24) is 15.1 Å². The number of hydrogen-bond donors (Lipinski definition) is 3. The summed E-state index contributed by atoms with van der Waals surface area (Å²) < 4.78 is 4.21. The average Bonchev–Trinajstić information content (AvgIpc) is 3.56. The van der Waals surface area contributed by atoms with Crippen LogP contribution in [0.2, 0.25) is 0 Å². The molecule has 4 aliphatic rings. The number of fused-ring (bicyclic) bond motifs is 1. The van der Waals surface area contributed by atoms with Crippen molar-refractivity contribution < 1.29 is 24.2 Å². The number of benzene rings is 2. The van der Waals surface area contributed by atoms with Gasteiger partial charge in [0.1, 0.15) is 6.04 Å². The van der Waals surface area contributed by atoms with Gasteiger partial charge in [0.2, 0.25) is 17.7 Å². The second-order valence-electron chi connectivity index (χ2n) is 11.7. The topological polar surface area (TPSA) is 111 Å². The molecular weight excluding hydrogens is 540 g/mol.